The lowest BCUT2D eigenvalue weighted by atomic mass is 9.85. The van der Waals surface area contributed by atoms with Crippen molar-refractivity contribution in [1.82, 2.24) is 0 Å². The molecule has 0 bridgehead atoms. The van der Waals surface area contributed by atoms with Crippen LogP contribution in [0.5, 0.6) is 0 Å². The quantitative estimate of drug-likeness (QED) is 0.120. The Morgan fingerprint density at radius 3 is 1.23 bits per heavy atom. The van der Waals surface area contributed by atoms with Crippen molar-refractivity contribution in [3.8, 4) is 0 Å². The van der Waals surface area contributed by atoms with Gasteiger partial charge in [-0.25, -0.2) is 0 Å². The maximum atomic E-state index is 2.51. The molecule has 0 aliphatic heterocycles. The van der Waals surface area contributed by atoms with Crippen molar-refractivity contribution in [2.45, 2.75) is 124 Å². The SMILES string of the molecule is CCCCCCCCCc1cc2ccc3cc(CCCCCCCC)c(C)c4ccc(c1C)c2c34. The largest absolute Gasteiger partial charge is 0.0654 e. The van der Waals surface area contributed by atoms with Crippen molar-refractivity contribution in [2.75, 3.05) is 0 Å². The molecular weight excluding hydrogens is 420 g/mol. The van der Waals surface area contributed by atoms with Crippen molar-refractivity contribution < 1.29 is 0 Å². The summed E-state index contributed by atoms with van der Waals surface area (Å²) < 4.78 is 0. The molecular formula is C35H48. The first-order valence-electron chi connectivity index (χ1n) is 14.8. The molecule has 188 valence electrons. The lowest BCUT2D eigenvalue weighted by molar-refractivity contribution is 0.589. The summed E-state index contributed by atoms with van der Waals surface area (Å²) in [5, 5.41) is 8.81. The molecule has 0 aromatic heterocycles. The van der Waals surface area contributed by atoms with Gasteiger partial charge in [-0.2, -0.15) is 0 Å². The topological polar surface area (TPSA) is 0 Å². The molecule has 0 heterocycles. The fourth-order valence-corrected chi connectivity index (χ4v) is 6.24. The first kappa shape index (κ1) is 26.0. The lowest BCUT2D eigenvalue weighted by Gasteiger charge is -2.19. The van der Waals surface area contributed by atoms with E-state index >= 15 is 0 Å². The minimum Gasteiger partial charge on any atom is -0.0654 e. The maximum Gasteiger partial charge on any atom is -0.00238 e. The van der Waals surface area contributed by atoms with Gasteiger partial charge in [-0.3, -0.25) is 0 Å². The van der Waals surface area contributed by atoms with Crippen LogP contribution in [-0.4, -0.2) is 0 Å². The van der Waals surface area contributed by atoms with Gasteiger partial charge in [0.15, 0.2) is 0 Å². The molecule has 0 radical (unpaired) electrons. The third-order valence-electron chi connectivity index (χ3n) is 8.51. The van der Waals surface area contributed by atoms with Crippen LogP contribution in [0.4, 0.5) is 0 Å². The van der Waals surface area contributed by atoms with Gasteiger partial charge in [-0.1, -0.05) is 121 Å². The van der Waals surface area contributed by atoms with E-state index in [9.17, 15) is 0 Å². The number of hydrogen-bond donors (Lipinski definition) is 0. The van der Waals surface area contributed by atoms with Crippen molar-refractivity contribution in [3.05, 3.63) is 58.7 Å². The molecule has 0 aliphatic carbocycles. The molecule has 0 amide bonds. The van der Waals surface area contributed by atoms with Crippen LogP contribution in [0.3, 0.4) is 0 Å². The standard InChI is InChI=1S/C35H48/c1-5-7-9-11-13-15-17-19-29-25-31-21-20-30-24-28(18-16-14-12-10-8-6-2)26(3)32-22-23-33(27(29)4)35(31)34(30)32/h20-25H,5-19H2,1-4H3. The zero-order valence-corrected chi connectivity index (χ0v) is 23.1. The van der Waals surface area contributed by atoms with Gasteiger partial charge >= 0.3 is 0 Å². The number of benzene rings is 4. The maximum absolute atomic E-state index is 2.51. The fourth-order valence-electron chi connectivity index (χ4n) is 6.24. The van der Waals surface area contributed by atoms with E-state index in [1.165, 1.54) is 140 Å². The molecule has 0 fully saturated rings. The Hall–Kier alpha value is -2.08. The Morgan fingerprint density at radius 2 is 0.829 bits per heavy atom. The second-order valence-electron chi connectivity index (χ2n) is 11.1. The third-order valence-corrected chi connectivity index (χ3v) is 8.51. The first-order chi connectivity index (χ1) is 17.2. The fraction of sp³-hybridized carbons (Fsp3) is 0.543. The minimum atomic E-state index is 1.22. The van der Waals surface area contributed by atoms with Gasteiger partial charge < -0.3 is 0 Å². The molecule has 4 aromatic carbocycles. The van der Waals surface area contributed by atoms with E-state index in [1.807, 2.05) is 0 Å². The highest BCUT2D eigenvalue weighted by atomic mass is 14.2. The van der Waals surface area contributed by atoms with Gasteiger partial charge in [0.05, 0.1) is 0 Å². The summed E-state index contributed by atoms with van der Waals surface area (Å²) in [4.78, 5) is 0. The van der Waals surface area contributed by atoms with Crippen LogP contribution >= 0.6 is 0 Å². The predicted molar refractivity (Wildman–Crippen MR) is 158 cm³/mol. The molecule has 0 heteroatoms. The summed E-state index contributed by atoms with van der Waals surface area (Å²) in [5.41, 5.74) is 6.13. The summed E-state index contributed by atoms with van der Waals surface area (Å²) in [6, 6.07) is 14.6. The molecule has 0 nitrogen and oxygen atoms in total. The Balaban J connectivity index is 1.54. The molecule has 4 rings (SSSR count). The highest BCUT2D eigenvalue weighted by Gasteiger charge is 2.15. The van der Waals surface area contributed by atoms with Crippen molar-refractivity contribution in [3.63, 3.8) is 0 Å². The molecule has 0 spiro atoms. The van der Waals surface area contributed by atoms with Crippen LogP contribution in [0.2, 0.25) is 0 Å². The Kier molecular flexibility index (Phi) is 9.47. The molecule has 0 saturated carbocycles. The molecule has 0 atom stereocenters. The predicted octanol–water partition coefficient (Wildman–Crippen LogP) is 11.4. The van der Waals surface area contributed by atoms with Gasteiger partial charge in [-0.15, -0.1) is 0 Å². The molecule has 0 aliphatic rings. The summed E-state index contributed by atoms with van der Waals surface area (Å²) in [6.07, 6.45) is 20.3. The van der Waals surface area contributed by atoms with E-state index in [1.54, 1.807) is 11.1 Å². The van der Waals surface area contributed by atoms with E-state index < -0.39 is 0 Å². The average molecular weight is 469 g/mol. The van der Waals surface area contributed by atoms with E-state index in [-0.39, 0.29) is 0 Å². The molecule has 0 saturated heterocycles. The lowest BCUT2D eigenvalue weighted by Crippen LogP contribution is -1.97. The Labute approximate surface area is 214 Å². The van der Waals surface area contributed by atoms with Crippen molar-refractivity contribution in [1.29, 1.82) is 0 Å². The van der Waals surface area contributed by atoms with Gasteiger partial charge in [0, 0.05) is 0 Å². The number of rotatable bonds is 15. The van der Waals surface area contributed by atoms with Crippen LogP contribution in [0.1, 0.15) is 120 Å². The van der Waals surface area contributed by atoms with Crippen molar-refractivity contribution in [2.24, 2.45) is 0 Å². The van der Waals surface area contributed by atoms with E-state index in [4.69, 9.17) is 0 Å². The molecule has 0 unspecified atom stereocenters. The van der Waals surface area contributed by atoms with Crippen LogP contribution in [0.15, 0.2) is 36.4 Å². The van der Waals surface area contributed by atoms with Crippen molar-refractivity contribution >= 4 is 32.3 Å². The van der Waals surface area contributed by atoms with Gasteiger partial charge in [0.2, 0.25) is 0 Å². The van der Waals surface area contributed by atoms with Gasteiger partial charge in [0.1, 0.15) is 0 Å². The third kappa shape index (κ3) is 6.02. The Morgan fingerprint density at radius 1 is 0.457 bits per heavy atom. The minimum absolute atomic E-state index is 1.22. The monoisotopic (exact) mass is 468 g/mol. The number of aryl methyl sites for hydroxylation is 4. The summed E-state index contributed by atoms with van der Waals surface area (Å²) in [6.45, 7) is 9.31. The van der Waals surface area contributed by atoms with E-state index in [0.717, 1.165) is 0 Å². The zero-order valence-electron chi connectivity index (χ0n) is 23.1. The second-order valence-corrected chi connectivity index (χ2v) is 11.1. The first-order valence-corrected chi connectivity index (χ1v) is 14.8. The summed E-state index contributed by atoms with van der Waals surface area (Å²) in [5.74, 6) is 0. The summed E-state index contributed by atoms with van der Waals surface area (Å²) >= 11 is 0. The van der Waals surface area contributed by atoms with Crippen LogP contribution in [0.25, 0.3) is 32.3 Å². The number of hydrogen-bond acceptors (Lipinski definition) is 0. The second kappa shape index (κ2) is 12.8. The summed E-state index contributed by atoms with van der Waals surface area (Å²) in [7, 11) is 0. The smallest absolute Gasteiger partial charge is 0.00238 e. The normalized spacial score (nSPS) is 12.0. The van der Waals surface area contributed by atoms with Crippen LogP contribution < -0.4 is 0 Å². The number of unbranched alkanes of at least 4 members (excludes halogenated alkanes) is 11. The Bertz CT molecular complexity index is 1210. The highest BCUT2D eigenvalue weighted by Crippen LogP contribution is 2.40. The van der Waals surface area contributed by atoms with E-state index in [0.29, 0.717) is 0 Å². The van der Waals surface area contributed by atoms with Gasteiger partial charge in [-0.05, 0) is 94.1 Å². The zero-order chi connectivity index (χ0) is 24.6. The highest BCUT2D eigenvalue weighted by molar-refractivity contribution is 6.24. The molecule has 4 aromatic rings. The van der Waals surface area contributed by atoms with E-state index in [2.05, 4.69) is 64.1 Å². The van der Waals surface area contributed by atoms with Gasteiger partial charge in [0.25, 0.3) is 0 Å². The molecule has 0 N–H and O–H groups in total. The average Bonchev–Trinajstić information content (AvgIpc) is 2.87. The van der Waals surface area contributed by atoms with Crippen LogP contribution in [0, 0.1) is 13.8 Å². The molecule has 35 heavy (non-hydrogen) atoms. The van der Waals surface area contributed by atoms with Crippen LogP contribution in [-0.2, 0) is 12.8 Å².